The Labute approximate surface area is 125 Å². The number of rotatable bonds is 4. The molecule has 0 spiro atoms. The zero-order valence-electron chi connectivity index (χ0n) is 11.2. The largest absolute Gasteiger partial charge is 0.454 e. The number of sulfonamides is 1. The summed E-state index contributed by atoms with van der Waals surface area (Å²) in [6.07, 6.45) is 0. The first-order valence-electron chi connectivity index (χ1n) is 6.29. The number of hydrogen-bond donors (Lipinski definition) is 1. The molecular weight excluding hydrogens is 316 g/mol. The zero-order chi connectivity index (χ0) is 15.7. The lowest BCUT2D eigenvalue weighted by Crippen LogP contribution is -2.23. The molecule has 3 rings (SSSR count). The summed E-state index contributed by atoms with van der Waals surface area (Å²) >= 11 is 0. The van der Waals surface area contributed by atoms with Gasteiger partial charge < -0.3 is 9.47 Å². The molecular formula is C14H11F2NO4S. The number of nitrogens with one attached hydrogen (secondary N) is 1. The Morgan fingerprint density at radius 2 is 1.77 bits per heavy atom. The minimum absolute atomic E-state index is 0.000617. The van der Waals surface area contributed by atoms with Crippen LogP contribution in [0.1, 0.15) is 5.56 Å². The number of fused-ring (bicyclic) bond motifs is 1. The predicted octanol–water partition coefficient (Wildman–Crippen LogP) is 2.17. The van der Waals surface area contributed by atoms with Crippen LogP contribution < -0.4 is 14.2 Å². The van der Waals surface area contributed by atoms with Crippen molar-refractivity contribution in [2.24, 2.45) is 0 Å². The molecule has 0 aromatic heterocycles. The van der Waals surface area contributed by atoms with Crippen LogP contribution in [0, 0.1) is 11.6 Å². The predicted molar refractivity (Wildman–Crippen MR) is 72.9 cm³/mol. The van der Waals surface area contributed by atoms with E-state index in [2.05, 4.69) is 4.72 Å². The highest BCUT2D eigenvalue weighted by molar-refractivity contribution is 7.89. The summed E-state index contributed by atoms with van der Waals surface area (Å²) in [7, 11) is -3.80. The lowest BCUT2D eigenvalue weighted by molar-refractivity contribution is 0.174. The smallest absolute Gasteiger partial charge is 0.241 e. The summed E-state index contributed by atoms with van der Waals surface area (Å²) in [5.74, 6) is -1.20. The molecule has 2 aromatic carbocycles. The zero-order valence-corrected chi connectivity index (χ0v) is 12.0. The highest BCUT2D eigenvalue weighted by atomic mass is 32.2. The molecule has 0 unspecified atom stereocenters. The van der Waals surface area contributed by atoms with E-state index in [1.54, 1.807) is 0 Å². The standard InChI is InChI=1S/C14H11F2NO4S/c15-11-3-1-9(5-12(11)16)7-17-22(18,19)10-2-4-13-14(6-10)21-8-20-13/h1-6,17H,7-8H2. The van der Waals surface area contributed by atoms with E-state index in [0.717, 1.165) is 12.1 Å². The van der Waals surface area contributed by atoms with Gasteiger partial charge in [-0.2, -0.15) is 0 Å². The molecule has 0 saturated heterocycles. The molecule has 1 heterocycles. The van der Waals surface area contributed by atoms with Crippen molar-refractivity contribution < 1.29 is 26.7 Å². The average molecular weight is 327 g/mol. The van der Waals surface area contributed by atoms with Crippen LogP contribution >= 0.6 is 0 Å². The van der Waals surface area contributed by atoms with E-state index in [0.29, 0.717) is 17.1 Å². The van der Waals surface area contributed by atoms with Crippen molar-refractivity contribution in [3.8, 4) is 11.5 Å². The normalized spacial score (nSPS) is 13.4. The van der Waals surface area contributed by atoms with E-state index in [1.807, 2.05) is 0 Å². The van der Waals surface area contributed by atoms with E-state index in [9.17, 15) is 17.2 Å². The fourth-order valence-corrected chi connectivity index (χ4v) is 2.99. The highest BCUT2D eigenvalue weighted by Crippen LogP contribution is 2.33. The maximum atomic E-state index is 13.1. The minimum atomic E-state index is -3.80. The quantitative estimate of drug-likeness (QED) is 0.935. The Balaban J connectivity index is 1.77. The molecule has 116 valence electrons. The maximum absolute atomic E-state index is 13.1. The van der Waals surface area contributed by atoms with Gasteiger partial charge in [0.15, 0.2) is 23.1 Å². The van der Waals surface area contributed by atoms with Gasteiger partial charge in [-0.15, -0.1) is 0 Å². The van der Waals surface area contributed by atoms with Crippen molar-refractivity contribution in [1.82, 2.24) is 4.72 Å². The molecule has 8 heteroatoms. The molecule has 0 atom stereocenters. The molecule has 1 aliphatic heterocycles. The minimum Gasteiger partial charge on any atom is -0.454 e. The molecule has 5 nitrogen and oxygen atoms in total. The molecule has 0 fully saturated rings. The Hall–Kier alpha value is -2.19. The van der Waals surface area contributed by atoms with Gasteiger partial charge >= 0.3 is 0 Å². The van der Waals surface area contributed by atoms with E-state index in [1.165, 1.54) is 24.3 Å². The van der Waals surface area contributed by atoms with Gasteiger partial charge in [0.05, 0.1) is 4.90 Å². The van der Waals surface area contributed by atoms with Crippen LogP contribution in [0.3, 0.4) is 0 Å². The van der Waals surface area contributed by atoms with Crippen LogP contribution in [-0.4, -0.2) is 15.2 Å². The Kier molecular flexibility index (Phi) is 3.71. The first-order chi connectivity index (χ1) is 10.5. The second kappa shape index (κ2) is 5.54. The number of ether oxygens (including phenoxy) is 2. The second-order valence-electron chi connectivity index (χ2n) is 4.59. The van der Waals surface area contributed by atoms with Gasteiger partial charge in [-0.1, -0.05) is 6.07 Å². The van der Waals surface area contributed by atoms with Crippen molar-refractivity contribution in [1.29, 1.82) is 0 Å². The maximum Gasteiger partial charge on any atom is 0.241 e. The highest BCUT2D eigenvalue weighted by Gasteiger charge is 2.20. The lowest BCUT2D eigenvalue weighted by Gasteiger charge is -2.08. The van der Waals surface area contributed by atoms with Crippen LogP contribution in [0.15, 0.2) is 41.3 Å². The summed E-state index contributed by atoms with van der Waals surface area (Å²) in [5, 5.41) is 0. The van der Waals surface area contributed by atoms with Gasteiger partial charge in [0, 0.05) is 12.6 Å². The van der Waals surface area contributed by atoms with E-state index in [4.69, 9.17) is 9.47 Å². The number of hydrogen-bond acceptors (Lipinski definition) is 4. The van der Waals surface area contributed by atoms with Crippen LogP contribution in [0.5, 0.6) is 11.5 Å². The number of halogens is 2. The Bertz CT molecular complexity index is 824. The molecule has 2 aromatic rings. The average Bonchev–Trinajstić information content (AvgIpc) is 2.96. The molecule has 0 aliphatic carbocycles. The summed E-state index contributed by atoms with van der Waals surface area (Å²) < 4.78 is 62.8. The SMILES string of the molecule is O=S(=O)(NCc1ccc(F)c(F)c1)c1ccc2c(c1)OCO2. The van der Waals surface area contributed by atoms with Crippen molar-refractivity contribution >= 4 is 10.0 Å². The van der Waals surface area contributed by atoms with E-state index >= 15 is 0 Å². The van der Waals surface area contributed by atoms with Gasteiger partial charge in [-0.3, -0.25) is 0 Å². The molecule has 1 N–H and O–H groups in total. The molecule has 0 bridgehead atoms. The van der Waals surface area contributed by atoms with Gasteiger partial charge in [0.2, 0.25) is 16.8 Å². The number of benzene rings is 2. The topological polar surface area (TPSA) is 64.6 Å². The Morgan fingerprint density at radius 3 is 2.55 bits per heavy atom. The second-order valence-corrected chi connectivity index (χ2v) is 6.36. The van der Waals surface area contributed by atoms with Gasteiger partial charge in [0.25, 0.3) is 0 Å². The van der Waals surface area contributed by atoms with Gasteiger partial charge in [-0.05, 0) is 29.8 Å². The van der Waals surface area contributed by atoms with Gasteiger partial charge in [0.1, 0.15) is 0 Å². The molecule has 22 heavy (non-hydrogen) atoms. The van der Waals surface area contributed by atoms with Crippen molar-refractivity contribution in [3.05, 3.63) is 53.6 Å². The molecule has 0 amide bonds. The first-order valence-corrected chi connectivity index (χ1v) is 7.77. The van der Waals surface area contributed by atoms with Crippen LogP contribution in [0.25, 0.3) is 0 Å². The molecule has 0 radical (unpaired) electrons. The fraction of sp³-hybridized carbons (Fsp3) is 0.143. The fourth-order valence-electron chi connectivity index (χ4n) is 1.96. The summed E-state index contributed by atoms with van der Waals surface area (Å²) in [4.78, 5) is -0.000617. The summed E-state index contributed by atoms with van der Waals surface area (Å²) in [5.41, 5.74) is 0.309. The third-order valence-corrected chi connectivity index (χ3v) is 4.50. The third kappa shape index (κ3) is 2.88. The lowest BCUT2D eigenvalue weighted by atomic mass is 10.2. The monoisotopic (exact) mass is 327 g/mol. The van der Waals surface area contributed by atoms with E-state index in [-0.39, 0.29) is 18.2 Å². The molecule has 1 aliphatic rings. The first kappa shape index (κ1) is 14.7. The third-order valence-electron chi connectivity index (χ3n) is 3.10. The van der Waals surface area contributed by atoms with Crippen molar-refractivity contribution in [3.63, 3.8) is 0 Å². The van der Waals surface area contributed by atoms with Crippen molar-refractivity contribution in [2.45, 2.75) is 11.4 Å². The van der Waals surface area contributed by atoms with Crippen LogP contribution in [0.4, 0.5) is 8.78 Å². The summed E-state index contributed by atoms with van der Waals surface area (Å²) in [6.45, 7) is -0.116. The van der Waals surface area contributed by atoms with E-state index < -0.39 is 21.7 Å². The Morgan fingerprint density at radius 1 is 1.00 bits per heavy atom. The molecule has 0 saturated carbocycles. The summed E-state index contributed by atoms with van der Waals surface area (Å²) in [6, 6.07) is 7.41. The van der Waals surface area contributed by atoms with Crippen LogP contribution in [0.2, 0.25) is 0 Å². The van der Waals surface area contributed by atoms with Gasteiger partial charge in [-0.25, -0.2) is 21.9 Å². The van der Waals surface area contributed by atoms with Crippen molar-refractivity contribution in [2.75, 3.05) is 6.79 Å². The van der Waals surface area contributed by atoms with Crippen LogP contribution in [-0.2, 0) is 16.6 Å².